The summed E-state index contributed by atoms with van der Waals surface area (Å²) in [6, 6.07) is 3.68. The lowest BCUT2D eigenvalue weighted by Crippen LogP contribution is -2.37. The SMILES string of the molecule is CCN(CC)S(=O)(=O)c1ccc(O)c(NC(=O)C2=CN3CCS(=O)(=O)N=C3C=C2)c1. The summed E-state index contributed by atoms with van der Waals surface area (Å²) in [6.45, 7) is 4.17. The van der Waals surface area contributed by atoms with Crippen molar-refractivity contribution < 1.29 is 26.7 Å². The predicted molar refractivity (Wildman–Crippen MR) is 112 cm³/mol. The Bertz CT molecular complexity index is 1170. The first-order chi connectivity index (χ1) is 14.1. The number of hydrogen-bond acceptors (Lipinski definition) is 7. The van der Waals surface area contributed by atoms with Gasteiger partial charge in [-0.1, -0.05) is 13.8 Å². The van der Waals surface area contributed by atoms with E-state index in [1.807, 2.05) is 0 Å². The van der Waals surface area contributed by atoms with Crippen LogP contribution in [0.2, 0.25) is 0 Å². The van der Waals surface area contributed by atoms with Crippen molar-refractivity contribution in [2.45, 2.75) is 18.7 Å². The van der Waals surface area contributed by atoms with Crippen molar-refractivity contribution in [1.82, 2.24) is 9.21 Å². The number of carbonyl (C=O) groups excluding carboxylic acids is 1. The first-order valence-corrected chi connectivity index (χ1v) is 12.3. The molecule has 0 bridgehead atoms. The summed E-state index contributed by atoms with van der Waals surface area (Å²) < 4.78 is 53.4. The molecule has 0 unspecified atom stereocenters. The number of sulfonamides is 2. The van der Waals surface area contributed by atoms with Gasteiger partial charge in [-0.05, 0) is 30.4 Å². The van der Waals surface area contributed by atoms with Crippen LogP contribution in [0.1, 0.15) is 13.8 Å². The number of benzene rings is 1. The standard InChI is InChI=1S/C18H22N4O6S2/c1-3-22(4-2)30(27,28)14-6-7-16(23)15(11-14)19-18(24)13-5-8-17-20-29(25,26)10-9-21(17)12-13/h5-8,11-12,23H,3-4,9-10H2,1-2H3,(H,19,24). The second kappa shape index (κ2) is 8.20. The highest BCUT2D eigenvalue weighted by Gasteiger charge is 2.26. The Hall–Kier alpha value is -2.70. The summed E-state index contributed by atoms with van der Waals surface area (Å²) in [5.74, 6) is -0.824. The Balaban J connectivity index is 1.85. The highest BCUT2D eigenvalue weighted by atomic mass is 32.2. The zero-order valence-electron chi connectivity index (χ0n) is 16.4. The molecule has 30 heavy (non-hydrogen) atoms. The number of anilines is 1. The van der Waals surface area contributed by atoms with Crippen molar-refractivity contribution in [2.24, 2.45) is 4.40 Å². The maximum absolute atomic E-state index is 12.7. The second-order valence-electron chi connectivity index (χ2n) is 6.57. The summed E-state index contributed by atoms with van der Waals surface area (Å²) in [5, 5.41) is 12.6. The normalized spacial score (nSPS) is 17.9. The van der Waals surface area contributed by atoms with Crippen molar-refractivity contribution in [3.63, 3.8) is 0 Å². The highest BCUT2D eigenvalue weighted by Crippen LogP contribution is 2.29. The van der Waals surface area contributed by atoms with Crippen LogP contribution in [-0.2, 0) is 24.8 Å². The molecule has 0 aromatic heterocycles. The van der Waals surface area contributed by atoms with Gasteiger partial charge in [0.15, 0.2) is 0 Å². The smallest absolute Gasteiger partial charge is 0.257 e. The molecule has 0 spiro atoms. The molecule has 0 saturated heterocycles. The van der Waals surface area contributed by atoms with Crippen LogP contribution in [0.5, 0.6) is 5.75 Å². The highest BCUT2D eigenvalue weighted by molar-refractivity contribution is 7.90. The number of rotatable bonds is 6. The molecular weight excluding hydrogens is 432 g/mol. The molecule has 2 heterocycles. The fourth-order valence-electron chi connectivity index (χ4n) is 3.02. The van der Waals surface area contributed by atoms with Gasteiger partial charge in [0.2, 0.25) is 10.0 Å². The van der Waals surface area contributed by atoms with Gasteiger partial charge in [-0.2, -0.15) is 4.31 Å². The van der Waals surface area contributed by atoms with Crippen LogP contribution in [0.25, 0.3) is 0 Å². The van der Waals surface area contributed by atoms with Gasteiger partial charge in [0.25, 0.3) is 15.9 Å². The van der Waals surface area contributed by atoms with Crippen LogP contribution in [0.15, 0.2) is 51.4 Å². The van der Waals surface area contributed by atoms with Crippen LogP contribution in [-0.4, -0.2) is 68.3 Å². The van der Waals surface area contributed by atoms with Gasteiger partial charge in [0.05, 0.1) is 21.9 Å². The molecule has 162 valence electrons. The number of carbonyl (C=O) groups is 1. The molecule has 0 aliphatic carbocycles. The lowest BCUT2D eigenvalue weighted by Gasteiger charge is -2.27. The molecule has 2 N–H and O–H groups in total. The van der Waals surface area contributed by atoms with Crippen LogP contribution in [0, 0.1) is 0 Å². The summed E-state index contributed by atoms with van der Waals surface area (Å²) in [7, 11) is -7.27. The largest absolute Gasteiger partial charge is 0.506 e. The first kappa shape index (κ1) is 22.0. The Kier molecular flexibility index (Phi) is 6.01. The van der Waals surface area contributed by atoms with E-state index >= 15 is 0 Å². The van der Waals surface area contributed by atoms with E-state index in [9.17, 15) is 26.7 Å². The van der Waals surface area contributed by atoms with Crippen molar-refractivity contribution in [2.75, 3.05) is 30.7 Å². The van der Waals surface area contributed by atoms with E-state index in [2.05, 4.69) is 9.71 Å². The summed E-state index contributed by atoms with van der Waals surface area (Å²) in [4.78, 5) is 14.1. The molecule has 0 radical (unpaired) electrons. The number of fused-ring (bicyclic) bond motifs is 1. The lowest BCUT2D eigenvalue weighted by molar-refractivity contribution is -0.112. The average molecular weight is 455 g/mol. The van der Waals surface area contributed by atoms with Crippen LogP contribution >= 0.6 is 0 Å². The number of nitrogens with zero attached hydrogens (tertiary/aromatic N) is 3. The minimum absolute atomic E-state index is 0.0526. The molecule has 1 aromatic carbocycles. The van der Waals surface area contributed by atoms with Gasteiger partial charge in [-0.25, -0.2) is 16.8 Å². The molecule has 0 saturated carbocycles. The van der Waals surface area contributed by atoms with Crippen molar-refractivity contribution in [3.8, 4) is 5.75 Å². The third-order valence-corrected chi connectivity index (χ3v) is 7.86. The average Bonchev–Trinajstić information content (AvgIpc) is 2.69. The minimum Gasteiger partial charge on any atom is -0.506 e. The zero-order valence-corrected chi connectivity index (χ0v) is 18.1. The topological polar surface area (TPSA) is 136 Å². The van der Waals surface area contributed by atoms with Gasteiger partial charge < -0.3 is 15.3 Å². The van der Waals surface area contributed by atoms with Gasteiger partial charge in [-0.3, -0.25) is 4.79 Å². The number of phenolic OH excluding ortho intramolecular Hbond substituents is 1. The molecular formula is C18H22N4O6S2. The Morgan fingerprint density at radius 3 is 2.63 bits per heavy atom. The Morgan fingerprint density at radius 2 is 1.97 bits per heavy atom. The zero-order chi connectivity index (χ0) is 22.1. The van der Waals surface area contributed by atoms with Crippen LogP contribution < -0.4 is 5.32 Å². The van der Waals surface area contributed by atoms with E-state index in [1.165, 1.54) is 45.8 Å². The molecule has 3 rings (SSSR count). The summed E-state index contributed by atoms with van der Waals surface area (Å²) in [6.07, 6.45) is 4.27. The quantitative estimate of drug-likeness (QED) is 0.608. The number of aromatic hydroxyl groups is 1. The lowest BCUT2D eigenvalue weighted by atomic mass is 10.1. The third-order valence-electron chi connectivity index (χ3n) is 4.65. The molecule has 1 amide bonds. The fraction of sp³-hybridized carbons (Fsp3) is 0.333. The van der Waals surface area contributed by atoms with Crippen LogP contribution in [0.4, 0.5) is 5.69 Å². The first-order valence-electron chi connectivity index (χ1n) is 9.21. The monoisotopic (exact) mass is 454 g/mol. The van der Waals surface area contributed by atoms with Gasteiger partial charge in [0.1, 0.15) is 11.6 Å². The molecule has 2 aliphatic heterocycles. The van der Waals surface area contributed by atoms with E-state index in [0.717, 1.165) is 0 Å². The second-order valence-corrected chi connectivity index (χ2v) is 10.3. The summed E-state index contributed by atoms with van der Waals surface area (Å²) in [5.41, 5.74) is 0.146. The number of phenols is 1. The van der Waals surface area contributed by atoms with Crippen molar-refractivity contribution >= 4 is 37.5 Å². The fourth-order valence-corrected chi connectivity index (χ4v) is 5.47. The number of amidine groups is 1. The van der Waals surface area contributed by atoms with E-state index in [4.69, 9.17) is 0 Å². The molecule has 10 nitrogen and oxygen atoms in total. The van der Waals surface area contributed by atoms with Gasteiger partial charge in [0, 0.05) is 25.8 Å². The molecule has 0 fully saturated rings. The molecule has 0 atom stereocenters. The Morgan fingerprint density at radius 1 is 1.27 bits per heavy atom. The third kappa shape index (κ3) is 4.40. The predicted octanol–water partition coefficient (Wildman–Crippen LogP) is 0.859. The van der Waals surface area contributed by atoms with Crippen molar-refractivity contribution in [3.05, 3.63) is 42.1 Å². The van der Waals surface area contributed by atoms with Gasteiger partial charge in [-0.15, -0.1) is 4.40 Å². The molecule has 12 heteroatoms. The molecule has 2 aliphatic rings. The van der Waals surface area contributed by atoms with E-state index < -0.39 is 26.0 Å². The van der Waals surface area contributed by atoms with Crippen molar-refractivity contribution in [1.29, 1.82) is 0 Å². The molecule has 1 aromatic rings. The number of amides is 1. The van der Waals surface area contributed by atoms with E-state index in [1.54, 1.807) is 13.8 Å². The summed E-state index contributed by atoms with van der Waals surface area (Å²) >= 11 is 0. The number of nitrogens with one attached hydrogen (secondary N) is 1. The van der Waals surface area contributed by atoms with E-state index in [-0.39, 0.29) is 53.1 Å². The minimum atomic E-state index is -3.77. The Labute approximate surface area is 175 Å². The van der Waals surface area contributed by atoms with Gasteiger partial charge >= 0.3 is 0 Å². The maximum atomic E-state index is 12.7. The van der Waals surface area contributed by atoms with E-state index in [0.29, 0.717) is 0 Å². The maximum Gasteiger partial charge on any atom is 0.257 e. The van der Waals surface area contributed by atoms with Crippen LogP contribution in [0.3, 0.4) is 0 Å². The number of hydrogen-bond donors (Lipinski definition) is 2.